The fourth-order valence-electron chi connectivity index (χ4n) is 1.46. The van der Waals surface area contributed by atoms with Crippen LogP contribution in [0.3, 0.4) is 0 Å². The van der Waals surface area contributed by atoms with Gasteiger partial charge in [-0.15, -0.1) is 0 Å². The number of hydrogen-bond donors (Lipinski definition) is 2. The molecule has 0 bridgehead atoms. The molecule has 2 aromatic carbocycles. The number of sulfonamides is 1. The van der Waals surface area contributed by atoms with Crippen LogP contribution in [0.4, 0.5) is 11.4 Å². The van der Waals surface area contributed by atoms with Crippen molar-refractivity contribution in [3.05, 3.63) is 52.0 Å². The molecule has 0 aromatic heterocycles. The Morgan fingerprint density at radius 3 is 2.53 bits per heavy atom. The number of halogens is 2. The first-order valence-corrected chi connectivity index (χ1v) is 7.87. The van der Waals surface area contributed by atoms with E-state index >= 15 is 0 Å². The molecule has 0 heterocycles. The molecule has 2 rings (SSSR count). The van der Waals surface area contributed by atoms with Crippen molar-refractivity contribution in [2.24, 2.45) is 0 Å². The standard InChI is InChI=1S/C12H10BrClN2O2S/c13-11-5-4-10(7-12(11)15)19(17,18)16-9-3-1-2-8(14)6-9/h1-7,16H,15H2. The molecule has 3 N–H and O–H groups in total. The minimum atomic E-state index is -3.68. The molecule has 0 fully saturated rings. The summed E-state index contributed by atoms with van der Waals surface area (Å²) < 4.78 is 27.4. The third-order valence-electron chi connectivity index (χ3n) is 2.35. The zero-order valence-corrected chi connectivity index (χ0v) is 12.8. The van der Waals surface area contributed by atoms with Crippen molar-refractivity contribution in [1.82, 2.24) is 0 Å². The van der Waals surface area contributed by atoms with E-state index in [1.807, 2.05) is 0 Å². The van der Waals surface area contributed by atoms with Crippen molar-refractivity contribution >= 4 is 48.9 Å². The van der Waals surface area contributed by atoms with Crippen LogP contribution in [0.2, 0.25) is 5.02 Å². The largest absolute Gasteiger partial charge is 0.398 e. The van der Waals surface area contributed by atoms with Gasteiger partial charge in [0.1, 0.15) is 0 Å². The second-order valence-electron chi connectivity index (χ2n) is 3.80. The van der Waals surface area contributed by atoms with Gasteiger partial charge in [-0.1, -0.05) is 17.7 Å². The van der Waals surface area contributed by atoms with Crippen LogP contribution in [0.5, 0.6) is 0 Å². The highest BCUT2D eigenvalue weighted by Crippen LogP contribution is 2.25. The molecule has 0 unspecified atom stereocenters. The van der Waals surface area contributed by atoms with Gasteiger partial charge in [0.15, 0.2) is 0 Å². The van der Waals surface area contributed by atoms with Crippen molar-refractivity contribution in [3.8, 4) is 0 Å². The Morgan fingerprint density at radius 2 is 1.89 bits per heavy atom. The molecule has 0 aliphatic rings. The topological polar surface area (TPSA) is 72.2 Å². The Morgan fingerprint density at radius 1 is 1.16 bits per heavy atom. The summed E-state index contributed by atoms with van der Waals surface area (Å²) in [4.78, 5) is 0.0909. The highest BCUT2D eigenvalue weighted by atomic mass is 79.9. The zero-order valence-electron chi connectivity index (χ0n) is 9.60. The second-order valence-corrected chi connectivity index (χ2v) is 6.77. The van der Waals surface area contributed by atoms with E-state index in [0.29, 0.717) is 20.9 Å². The first-order chi connectivity index (χ1) is 8.88. The first kappa shape index (κ1) is 14.2. The first-order valence-electron chi connectivity index (χ1n) is 5.22. The number of nitrogens with two attached hydrogens (primary N) is 1. The van der Waals surface area contributed by atoms with Crippen LogP contribution in [0, 0.1) is 0 Å². The average Bonchev–Trinajstić information content (AvgIpc) is 2.32. The van der Waals surface area contributed by atoms with Crippen LogP contribution < -0.4 is 10.5 Å². The van der Waals surface area contributed by atoms with Gasteiger partial charge in [0.25, 0.3) is 10.0 Å². The monoisotopic (exact) mass is 360 g/mol. The van der Waals surface area contributed by atoms with Crippen LogP contribution in [0.1, 0.15) is 0 Å². The smallest absolute Gasteiger partial charge is 0.261 e. The Bertz CT molecular complexity index is 719. The summed E-state index contributed by atoms with van der Waals surface area (Å²) in [7, 11) is -3.68. The summed E-state index contributed by atoms with van der Waals surface area (Å²) in [6.45, 7) is 0. The number of nitrogens with one attached hydrogen (secondary N) is 1. The normalized spacial score (nSPS) is 11.3. The van der Waals surface area contributed by atoms with Gasteiger partial charge in [-0.25, -0.2) is 8.42 Å². The molecular formula is C12H10BrClN2O2S. The number of benzene rings is 2. The lowest BCUT2D eigenvalue weighted by molar-refractivity contribution is 0.601. The minimum absolute atomic E-state index is 0.0909. The summed E-state index contributed by atoms with van der Waals surface area (Å²) in [5.74, 6) is 0. The van der Waals surface area contributed by atoms with Crippen molar-refractivity contribution < 1.29 is 8.42 Å². The molecule has 100 valence electrons. The Kier molecular flexibility index (Phi) is 4.03. The predicted octanol–water partition coefficient (Wildman–Crippen LogP) is 3.49. The Balaban J connectivity index is 2.35. The molecular weight excluding hydrogens is 352 g/mol. The summed E-state index contributed by atoms with van der Waals surface area (Å²) in [5, 5.41) is 0.454. The second kappa shape index (κ2) is 5.40. The molecule has 0 spiro atoms. The van der Waals surface area contributed by atoms with E-state index in [2.05, 4.69) is 20.7 Å². The average molecular weight is 362 g/mol. The van der Waals surface area contributed by atoms with E-state index in [1.165, 1.54) is 18.2 Å². The molecule has 7 heteroatoms. The Labute approximate surface area is 124 Å². The van der Waals surface area contributed by atoms with Gasteiger partial charge in [0, 0.05) is 15.2 Å². The van der Waals surface area contributed by atoms with Crippen LogP contribution in [0.25, 0.3) is 0 Å². The molecule has 4 nitrogen and oxygen atoms in total. The van der Waals surface area contributed by atoms with E-state index in [0.717, 1.165) is 0 Å². The maximum absolute atomic E-state index is 12.2. The molecule has 2 aromatic rings. The molecule has 0 radical (unpaired) electrons. The summed E-state index contributed by atoms with van der Waals surface area (Å²) in [6, 6.07) is 10.9. The van der Waals surface area contributed by atoms with Crippen LogP contribution >= 0.6 is 27.5 Å². The zero-order chi connectivity index (χ0) is 14.0. The van der Waals surface area contributed by atoms with Crippen molar-refractivity contribution in [2.45, 2.75) is 4.90 Å². The van der Waals surface area contributed by atoms with E-state index < -0.39 is 10.0 Å². The lowest BCUT2D eigenvalue weighted by Gasteiger charge is -2.09. The van der Waals surface area contributed by atoms with E-state index in [1.54, 1.807) is 24.3 Å². The maximum atomic E-state index is 12.2. The van der Waals surface area contributed by atoms with Gasteiger partial charge >= 0.3 is 0 Å². The van der Waals surface area contributed by atoms with Crippen LogP contribution in [-0.2, 0) is 10.0 Å². The van der Waals surface area contributed by atoms with Crippen LogP contribution in [0.15, 0.2) is 51.8 Å². The number of anilines is 2. The highest BCUT2D eigenvalue weighted by Gasteiger charge is 2.15. The van der Waals surface area contributed by atoms with Gasteiger partial charge in [-0.3, -0.25) is 4.72 Å². The van der Waals surface area contributed by atoms with E-state index in [9.17, 15) is 8.42 Å². The van der Waals surface area contributed by atoms with Crippen molar-refractivity contribution in [2.75, 3.05) is 10.5 Å². The third kappa shape index (κ3) is 3.40. The maximum Gasteiger partial charge on any atom is 0.261 e. The third-order valence-corrected chi connectivity index (χ3v) is 4.69. The molecule has 0 amide bonds. The van der Waals surface area contributed by atoms with Gasteiger partial charge in [0.05, 0.1) is 10.6 Å². The lowest BCUT2D eigenvalue weighted by atomic mass is 10.3. The van der Waals surface area contributed by atoms with E-state index in [-0.39, 0.29) is 4.90 Å². The number of hydrogen-bond acceptors (Lipinski definition) is 3. The van der Waals surface area contributed by atoms with Gasteiger partial charge in [-0.05, 0) is 52.3 Å². The highest BCUT2D eigenvalue weighted by molar-refractivity contribution is 9.10. The molecule has 0 atom stereocenters. The summed E-state index contributed by atoms with van der Waals surface area (Å²) in [6.07, 6.45) is 0. The van der Waals surface area contributed by atoms with Gasteiger partial charge < -0.3 is 5.73 Å². The molecule has 0 aliphatic heterocycles. The lowest BCUT2D eigenvalue weighted by Crippen LogP contribution is -2.13. The summed E-state index contributed by atoms with van der Waals surface area (Å²) >= 11 is 9.02. The SMILES string of the molecule is Nc1cc(S(=O)(=O)Nc2cccc(Cl)c2)ccc1Br. The number of rotatable bonds is 3. The van der Waals surface area contributed by atoms with Gasteiger partial charge in [-0.2, -0.15) is 0 Å². The minimum Gasteiger partial charge on any atom is -0.398 e. The molecule has 0 saturated heterocycles. The molecule has 19 heavy (non-hydrogen) atoms. The van der Waals surface area contributed by atoms with Crippen molar-refractivity contribution in [3.63, 3.8) is 0 Å². The summed E-state index contributed by atoms with van der Waals surface area (Å²) in [5.41, 5.74) is 6.43. The molecule has 0 saturated carbocycles. The number of nitrogen functional groups attached to an aromatic ring is 1. The van der Waals surface area contributed by atoms with E-state index in [4.69, 9.17) is 17.3 Å². The molecule has 0 aliphatic carbocycles. The fourth-order valence-corrected chi connectivity index (χ4v) is 2.98. The fraction of sp³-hybridized carbons (Fsp3) is 0. The predicted molar refractivity (Wildman–Crippen MR) is 80.8 cm³/mol. The van der Waals surface area contributed by atoms with Gasteiger partial charge in [0.2, 0.25) is 0 Å². The quantitative estimate of drug-likeness (QED) is 0.822. The van der Waals surface area contributed by atoms with Crippen LogP contribution in [-0.4, -0.2) is 8.42 Å². The Hall–Kier alpha value is -1.24. The van der Waals surface area contributed by atoms with Crippen molar-refractivity contribution in [1.29, 1.82) is 0 Å².